The number of phenols is 1. The van der Waals surface area contributed by atoms with E-state index in [0.29, 0.717) is 6.21 Å². The molecule has 0 aliphatic heterocycles. The Bertz CT molecular complexity index is 1560. The third-order valence-corrected chi connectivity index (χ3v) is 5.46. The Kier molecular flexibility index (Phi) is 6.62. The van der Waals surface area contributed by atoms with Crippen molar-refractivity contribution in [3.05, 3.63) is 99.1 Å². The van der Waals surface area contributed by atoms with Crippen molar-refractivity contribution in [1.82, 2.24) is 0 Å². The van der Waals surface area contributed by atoms with Gasteiger partial charge in [-0.3, -0.25) is 14.6 Å². The first-order valence-corrected chi connectivity index (χ1v) is 10.6. The number of aliphatic hydroxyl groups excluding tert-OH is 1. The number of phenolic OH excluding ortho intramolecular Hbond substituents is 1. The fourth-order valence-corrected chi connectivity index (χ4v) is 3.67. The number of carbonyl (C=O) groups is 3. The summed E-state index contributed by atoms with van der Waals surface area (Å²) in [5.74, 6) is -12.5. The molecule has 0 spiro atoms. The molecule has 1 aliphatic carbocycles. The number of nitrogens with zero attached hydrogens (tertiary/aromatic N) is 1. The van der Waals surface area contributed by atoms with Crippen LogP contribution in [0.15, 0.2) is 53.0 Å². The predicted octanol–water partition coefficient (Wildman–Crippen LogP) is 4.96. The maximum atomic E-state index is 14.2. The highest BCUT2D eigenvalue weighted by atomic mass is 19.2. The minimum Gasteiger partial charge on any atom is -0.506 e. The van der Waals surface area contributed by atoms with Crippen molar-refractivity contribution in [3.8, 4) is 5.75 Å². The highest BCUT2D eigenvalue weighted by Crippen LogP contribution is 2.36. The molecule has 0 fully saturated rings. The maximum absolute atomic E-state index is 14.2. The lowest BCUT2D eigenvalue weighted by molar-refractivity contribution is -0.137. The van der Waals surface area contributed by atoms with E-state index >= 15 is 0 Å². The summed E-state index contributed by atoms with van der Waals surface area (Å²) in [5, 5.41) is 20.9. The van der Waals surface area contributed by atoms with Gasteiger partial charge in [0.15, 0.2) is 34.8 Å². The van der Waals surface area contributed by atoms with E-state index in [1.54, 1.807) is 12.1 Å². The summed E-state index contributed by atoms with van der Waals surface area (Å²) < 4.78 is 59.7. The van der Waals surface area contributed by atoms with Gasteiger partial charge in [0.25, 0.3) is 0 Å². The summed E-state index contributed by atoms with van der Waals surface area (Å²) >= 11 is 0. The molecule has 3 aromatic carbocycles. The van der Waals surface area contributed by atoms with Crippen LogP contribution in [0.2, 0.25) is 0 Å². The second-order valence-electron chi connectivity index (χ2n) is 7.68. The number of aliphatic hydroxyl groups is 1. The molecule has 11 heteroatoms. The van der Waals surface area contributed by atoms with Crippen LogP contribution in [0.5, 0.6) is 5.75 Å². The molecule has 2 N–H and O–H groups in total. The maximum Gasteiger partial charge on any atom is 0.343 e. The average molecular weight is 513 g/mol. The fourth-order valence-electron chi connectivity index (χ4n) is 3.67. The monoisotopic (exact) mass is 513 g/mol. The van der Waals surface area contributed by atoms with E-state index in [1.165, 1.54) is 19.1 Å². The first-order chi connectivity index (χ1) is 17.6. The van der Waals surface area contributed by atoms with Crippen LogP contribution >= 0.6 is 0 Å². The van der Waals surface area contributed by atoms with Crippen molar-refractivity contribution < 1.29 is 46.9 Å². The molecular weight excluding hydrogens is 498 g/mol. The lowest BCUT2D eigenvalue weighted by Gasteiger charge is -2.18. The van der Waals surface area contributed by atoms with Gasteiger partial charge in [0, 0.05) is 28.5 Å². The van der Waals surface area contributed by atoms with E-state index in [2.05, 4.69) is 4.99 Å². The number of rotatable bonds is 5. The molecule has 7 nitrogen and oxygen atoms in total. The summed E-state index contributed by atoms with van der Waals surface area (Å²) in [6.07, 6.45) is 0.594. The minimum absolute atomic E-state index is 0.0940. The van der Waals surface area contributed by atoms with Crippen LogP contribution in [0.3, 0.4) is 0 Å². The second kappa shape index (κ2) is 9.69. The zero-order chi connectivity index (χ0) is 27.0. The number of aromatic hydroxyl groups is 1. The number of hydrogen-bond acceptors (Lipinski definition) is 7. The number of aliphatic imine (C=N–C) groups is 1. The first-order valence-electron chi connectivity index (χ1n) is 10.6. The highest BCUT2D eigenvalue weighted by Gasteiger charge is 2.31. The van der Waals surface area contributed by atoms with Gasteiger partial charge in [-0.1, -0.05) is 24.3 Å². The number of carbonyl (C=O) groups excluding carboxylic acids is 3. The minimum atomic E-state index is -2.22. The Balaban J connectivity index is 1.83. The van der Waals surface area contributed by atoms with E-state index in [-0.39, 0.29) is 40.6 Å². The second-order valence-corrected chi connectivity index (χ2v) is 7.68. The van der Waals surface area contributed by atoms with Gasteiger partial charge >= 0.3 is 5.97 Å². The third-order valence-electron chi connectivity index (χ3n) is 5.46. The van der Waals surface area contributed by atoms with Gasteiger partial charge in [0.1, 0.15) is 22.8 Å². The molecule has 0 aromatic heterocycles. The molecule has 3 aromatic rings. The van der Waals surface area contributed by atoms with Crippen molar-refractivity contribution in [2.24, 2.45) is 4.99 Å². The number of hydrogen-bond donors (Lipinski definition) is 2. The van der Waals surface area contributed by atoms with Gasteiger partial charge in [-0.25, -0.2) is 22.4 Å². The predicted molar refractivity (Wildman–Crippen MR) is 122 cm³/mol. The van der Waals surface area contributed by atoms with E-state index in [0.717, 1.165) is 12.1 Å². The van der Waals surface area contributed by atoms with Crippen LogP contribution in [0.1, 0.15) is 44.3 Å². The van der Waals surface area contributed by atoms with Crippen molar-refractivity contribution in [3.63, 3.8) is 0 Å². The molecule has 0 saturated heterocycles. The van der Waals surface area contributed by atoms with Crippen LogP contribution in [-0.4, -0.2) is 40.6 Å². The molecule has 188 valence electrons. The van der Waals surface area contributed by atoms with Crippen molar-refractivity contribution >= 4 is 35.2 Å². The first kappa shape index (κ1) is 25.3. The highest BCUT2D eigenvalue weighted by molar-refractivity contribution is 6.28. The normalized spacial score (nSPS) is 13.3. The van der Waals surface area contributed by atoms with Gasteiger partial charge in [-0.05, 0) is 25.1 Å². The van der Waals surface area contributed by atoms with Crippen molar-refractivity contribution in [2.45, 2.75) is 6.92 Å². The molecular formula is C26H15F4NO6. The number of halogens is 4. The van der Waals surface area contributed by atoms with Gasteiger partial charge in [-0.2, -0.15) is 0 Å². The van der Waals surface area contributed by atoms with Crippen LogP contribution in [0, 0.1) is 23.3 Å². The summed E-state index contributed by atoms with van der Waals surface area (Å²) in [6, 6.07) is 8.24. The summed E-state index contributed by atoms with van der Waals surface area (Å²) in [7, 11) is 0. The van der Waals surface area contributed by atoms with Crippen LogP contribution < -0.4 is 0 Å². The topological polar surface area (TPSA) is 113 Å². The number of ketones is 2. The standard InChI is InChI=1S/C26H15F4NO6/c1-2-37-26(36)16(25(35)15-7-17(27)21(29)22(30)20(15)28)10-31-18-8-13-14(9-19(18)32)24(34)12-6-4-3-5-11(12)23(13)33/h3-10,32,35H,2H2,1H3/b25-16+,31-10?. The van der Waals surface area contributed by atoms with E-state index in [9.17, 15) is 42.2 Å². The quantitative estimate of drug-likeness (QED) is 0.0742. The Hall–Kier alpha value is -4.80. The Morgan fingerprint density at radius 1 is 0.919 bits per heavy atom. The average Bonchev–Trinajstić information content (AvgIpc) is 2.88. The zero-order valence-corrected chi connectivity index (χ0v) is 18.8. The van der Waals surface area contributed by atoms with E-state index in [4.69, 9.17) is 4.74 Å². The number of ether oxygens (including phenoxy) is 1. The Labute approximate surface area is 206 Å². The van der Waals surface area contributed by atoms with E-state index in [1.807, 2.05) is 0 Å². The molecule has 4 rings (SSSR count). The number of benzene rings is 3. The molecule has 1 aliphatic rings. The lowest BCUT2D eigenvalue weighted by Crippen LogP contribution is -2.20. The molecule has 0 saturated carbocycles. The van der Waals surface area contributed by atoms with Gasteiger partial charge in [0.2, 0.25) is 0 Å². The molecule has 0 unspecified atom stereocenters. The lowest BCUT2D eigenvalue weighted by atomic mass is 9.84. The smallest absolute Gasteiger partial charge is 0.343 e. The zero-order valence-electron chi connectivity index (χ0n) is 18.8. The largest absolute Gasteiger partial charge is 0.506 e. The van der Waals surface area contributed by atoms with Crippen LogP contribution in [0.25, 0.3) is 5.76 Å². The van der Waals surface area contributed by atoms with Gasteiger partial charge < -0.3 is 14.9 Å². The van der Waals surface area contributed by atoms with Crippen molar-refractivity contribution in [2.75, 3.05) is 6.61 Å². The summed E-state index contributed by atoms with van der Waals surface area (Å²) in [6.45, 7) is 1.18. The molecule has 0 atom stereocenters. The van der Waals surface area contributed by atoms with Gasteiger partial charge in [0.05, 0.1) is 12.2 Å². The number of esters is 1. The van der Waals surface area contributed by atoms with E-state index < -0.39 is 63.4 Å². The van der Waals surface area contributed by atoms with Crippen molar-refractivity contribution in [1.29, 1.82) is 0 Å². The van der Waals surface area contributed by atoms with Crippen LogP contribution in [0.4, 0.5) is 23.2 Å². The summed E-state index contributed by atoms with van der Waals surface area (Å²) in [4.78, 5) is 41.9. The van der Waals surface area contributed by atoms with Gasteiger partial charge in [-0.15, -0.1) is 0 Å². The molecule has 37 heavy (non-hydrogen) atoms. The van der Waals surface area contributed by atoms with Crippen LogP contribution in [-0.2, 0) is 9.53 Å². The Morgan fingerprint density at radius 2 is 1.51 bits per heavy atom. The molecule has 0 bridgehead atoms. The SMILES string of the molecule is CCOC(=O)/C(C=Nc1cc2c(cc1O)C(=O)c1ccccc1C2=O)=C(/O)c1cc(F)c(F)c(F)c1F. The third kappa shape index (κ3) is 4.35. The molecule has 0 radical (unpaired) electrons. The number of fused-ring (bicyclic) bond motifs is 2. The summed E-state index contributed by atoms with van der Waals surface area (Å²) in [5.41, 5.74) is -2.37. The molecule has 0 amide bonds. The fraction of sp³-hybridized carbons (Fsp3) is 0.0769. The molecule has 0 heterocycles. The Morgan fingerprint density at radius 3 is 2.11 bits per heavy atom.